The van der Waals surface area contributed by atoms with Crippen LogP contribution in [0.2, 0.25) is 0 Å². The number of benzene rings is 2. The van der Waals surface area contributed by atoms with Gasteiger partial charge >= 0.3 is 0 Å². The molecular weight excluding hydrogens is 304 g/mol. The van der Waals surface area contributed by atoms with Gasteiger partial charge in [-0.15, -0.1) is 0 Å². The first-order chi connectivity index (χ1) is 12.1. The molecule has 0 aliphatic carbocycles. The van der Waals surface area contributed by atoms with Crippen LogP contribution < -0.4 is 4.57 Å². The summed E-state index contributed by atoms with van der Waals surface area (Å²) < 4.78 is 4.54. The van der Waals surface area contributed by atoms with Crippen LogP contribution in [0.4, 0.5) is 0 Å². The highest BCUT2D eigenvalue weighted by molar-refractivity contribution is 5.30. The van der Waals surface area contributed by atoms with Crippen LogP contribution in [0, 0.1) is 0 Å². The molecule has 1 heterocycles. The summed E-state index contributed by atoms with van der Waals surface area (Å²) in [6, 6.07) is 22.3. The Morgan fingerprint density at radius 3 is 2.20 bits per heavy atom. The largest absolute Gasteiger partial charge is 0.243 e. The molecule has 2 aromatic carbocycles. The normalized spacial score (nSPS) is 14.8. The van der Waals surface area contributed by atoms with Gasteiger partial charge < -0.3 is 0 Å². The molecule has 2 heteroatoms. The highest BCUT2D eigenvalue weighted by atomic mass is 15.1. The highest BCUT2D eigenvalue weighted by Crippen LogP contribution is 2.41. The molecule has 0 aliphatic heterocycles. The summed E-state index contributed by atoms with van der Waals surface area (Å²) in [5.74, 6) is 0. The van der Waals surface area contributed by atoms with Crippen LogP contribution in [0.25, 0.3) is 0 Å². The predicted octanol–water partition coefficient (Wildman–Crippen LogP) is 4.85. The van der Waals surface area contributed by atoms with Gasteiger partial charge in [0.05, 0.1) is 7.05 Å². The molecule has 0 N–H and O–H groups in total. The van der Waals surface area contributed by atoms with Crippen LogP contribution in [0.15, 0.2) is 79.4 Å². The van der Waals surface area contributed by atoms with E-state index in [2.05, 4.69) is 109 Å². The van der Waals surface area contributed by atoms with Gasteiger partial charge in [0.25, 0.3) is 0 Å². The van der Waals surface area contributed by atoms with Crippen molar-refractivity contribution in [3.8, 4) is 0 Å². The quantitative estimate of drug-likeness (QED) is 0.546. The third kappa shape index (κ3) is 3.84. The van der Waals surface area contributed by atoms with Gasteiger partial charge in [0, 0.05) is 5.41 Å². The zero-order valence-electron chi connectivity index (χ0n) is 15.6. The molecule has 3 aromatic rings. The van der Waals surface area contributed by atoms with Crippen LogP contribution in [-0.4, -0.2) is 4.57 Å². The molecule has 1 aromatic heterocycles. The van der Waals surface area contributed by atoms with Gasteiger partial charge in [0.15, 0.2) is 0 Å². The van der Waals surface area contributed by atoms with E-state index in [1.54, 1.807) is 0 Å². The van der Waals surface area contributed by atoms with E-state index in [4.69, 9.17) is 0 Å². The molecule has 2 unspecified atom stereocenters. The maximum atomic E-state index is 2.43. The summed E-state index contributed by atoms with van der Waals surface area (Å²) >= 11 is 0. The van der Waals surface area contributed by atoms with Crippen molar-refractivity contribution >= 4 is 0 Å². The molecule has 25 heavy (non-hydrogen) atoms. The molecular formula is C23H29N2+. The van der Waals surface area contributed by atoms with Crippen molar-refractivity contribution in [1.29, 1.82) is 0 Å². The standard InChI is InChI=1S/C23H29N2/c1-4-11-22(25-17-16-24(3)19-25)23(2,21-14-9-6-10-15-21)18-20-12-7-5-8-13-20/h5-10,12-17,19,22H,4,11,18H2,1-3H3/q+1. The number of hydrogen-bond acceptors (Lipinski definition) is 0. The Morgan fingerprint density at radius 1 is 1.00 bits per heavy atom. The molecule has 0 amide bonds. The first-order valence-electron chi connectivity index (χ1n) is 9.25. The number of imidazole rings is 1. The lowest BCUT2D eigenvalue weighted by Gasteiger charge is -2.36. The third-order valence-corrected chi connectivity index (χ3v) is 5.29. The smallest absolute Gasteiger partial charge is 0.240 e. The Labute approximate surface area is 151 Å². The average Bonchev–Trinajstić information content (AvgIpc) is 3.07. The van der Waals surface area contributed by atoms with Crippen LogP contribution in [0.5, 0.6) is 0 Å². The van der Waals surface area contributed by atoms with Crippen molar-refractivity contribution in [1.82, 2.24) is 4.57 Å². The second-order valence-corrected chi connectivity index (χ2v) is 7.28. The van der Waals surface area contributed by atoms with Crippen LogP contribution in [0.3, 0.4) is 0 Å². The topological polar surface area (TPSA) is 8.81 Å². The monoisotopic (exact) mass is 333 g/mol. The van der Waals surface area contributed by atoms with Gasteiger partial charge in [0.1, 0.15) is 18.4 Å². The van der Waals surface area contributed by atoms with E-state index in [9.17, 15) is 0 Å². The van der Waals surface area contributed by atoms with Gasteiger partial charge in [-0.1, -0.05) is 80.9 Å². The van der Waals surface area contributed by atoms with Gasteiger partial charge in [-0.05, 0) is 24.0 Å². The van der Waals surface area contributed by atoms with E-state index in [1.807, 2.05) is 0 Å². The van der Waals surface area contributed by atoms with Crippen LogP contribution >= 0.6 is 0 Å². The first-order valence-corrected chi connectivity index (χ1v) is 9.25. The lowest BCUT2D eigenvalue weighted by atomic mass is 9.70. The van der Waals surface area contributed by atoms with Gasteiger partial charge in [-0.2, -0.15) is 0 Å². The molecule has 0 saturated carbocycles. The second-order valence-electron chi connectivity index (χ2n) is 7.28. The number of aromatic nitrogens is 2. The molecule has 3 rings (SSSR count). The molecule has 0 radical (unpaired) electrons. The van der Waals surface area contributed by atoms with E-state index in [0.717, 1.165) is 12.8 Å². The summed E-state index contributed by atoms with van der Waals surface area (Å²) in [6.07, 6.45) is 9.93. The molecule has 0 aliphatic rings. The Balaban J connectivity index is 2.08. The minimum Gasteiger partial charge on any atom is -0.240 e. The molecule has 0 bridgehead atoms. The Kier molecular flexibility index (Phi) is 5.37. The fourth-order valence-corrected chi connectivity index (χ4v) is 3.97. The predicted molar refractivity (Wildman–Crippen MR) is 103 cm³/mol. The zero-order valence-corrected chi connectivity index (χ0v) is 15.6. The van der Waals surface area contributed by atoms with Crippen molar-refractivity contribution < 1.29 is 4.57 Å². The summed E-state index contributed by atoms with van der Waals surface area (Å²) in [7, 11) is 2.09. The SMILES string of the molecule is CCCC(n1cc[n+](C)c1)C(C)(Cc1ccccc1)c1ccccc1. The lowest BCUT2D eigenvalue weighted by Crippen LogP contribution is -2.37. The summed E-state index contributed by atoms with van der Waals surface area (Å²) in [6.45, 7) is 4.71. The number of hydrogen-bond donors (Lipinski definition) is 0. The molecule has 0 spiro atoms. The van der Waals surface area contributed by atoms with Gasteiger partial charge in [0.2, 0.25) is 6.33 Å². The minimum atomic E-state index is 0.0324. The molecule has 0 saturated heterocycles. The van der Waals surface area contributed by atoms with E-state index >= 15 is 0 Å². The first kappa shape index (κ1) is 17.5. The van der Waals surface area contributed by atoms with Gasteiger partial charge in [-0.25, -0.2) is 9.13 Å². The van der Waals surface area contributed by atoms with Crippen molar-refractivity contribution in [2.45, 2.75) is 44.6 Å². The average molecular weight is 333 g/mol. The fourth-order valence-electron chi connectivity index (χ4n) is 3.97. The van der Waals surface area contributed by atoms with Crippen molar-refractivity contribution in [2.24, 2.45) is 7.05 Å². The fraction of sp³-hybridized carbons (Fsp3) is 0.348. The molecule has 2 nitrogen and oxygen atoms in total. The zero-order chi connectivity index (χ0) is 17.7. The number of nitrogens with zero attached hydrogens (tertiary/aromatic N) is 2. The van der Waals surface area contributed by atoms with Crippen LogP contribution in [-0.2, 0) is 18.9 Å². The molecule has 2 atom stereocenters. The van der Waals surface area contributed by atoms with E-state index < -0.39 is 0 Å². The van der Waals surface area contributed by atoms with Crippen LogP contribution in [0.1, 0.15) is 43.9 Å². The van der Waals surface area contributed by atoms with E-state index in [0.29, 0.717) is 6.04 Å². The van der Waals surface area contributed by atoms with Crippen molar-refractivity contribution in [3.05, 3.63) is 90.5 Å². The summed E-state index contributed by atoms with van der Waals surface area (Å²) in [5.41, 5.74) is 2.84. The van der Waals surface area contributed by atoms with E-state index in [1.165, 1.54) is 17.5 Å². The number of rotatable bonds is 7. The lowest BCUT2D eigenvalue weighted by molar-refractivity contribution is -0.671. The van der Waals surface area contributed by atoms with Crippen molar-refractivity contribution in [2.75, 3.05) is 0 Å². The van der Waals surface area contributed by atoms with Crippen molar-refractivity contribution in [3.63, 3.8) is 0 Å². The maximum Gasteiger partial charge on any atom is 0.243 e. The molecule has 0 fully saturated rings. The van der Waals surface area contributed by atoms with E-state index in [-0.39, 0.29) is 5.41 Å². The summed E-state index contributed by atoms with van der Waals surface area (Å²) in [5, 5.41) is 0. The number of aryl methyl sites for hydroxylation is 1. The second kappa shape index (κ2) is 7.69. The minimum absolute atomic E-state index is 0.0324. The third-order valence-electron chi connectivity index (χ3n) is 5.29. The summed E-state index contributed by atoms with van der Waals surface area (Å²) in [4.78, 5) is 0. The van der Waals surface area contributed by atoms with Gasteiger partial charge in [-0.3, -0.25) is 0 Å². The Morgan fingerprint density at radius 2 is 1.64 bits per heavy atom. The highest BCUT2D eigenvalue weighted by Gasteiger charge is 2.39. The maximum absolute atomic E-state index is 2.43. The molecule has 130 valence electrons. The Bertz CT molecular complexity index is 776. The Hall–Kier alpha value is -2.35.